The number of hydrogen-bond acceptors (Lipinski definition) is 5. The zero-order valence-electron chi connectivity index (χ0n) is 22.5. The molecule has 2 atom stereocenters. The summed E-state index contributed by atoms with van der Waals surface area (Å²) in [6.07, 6.45) is 9.06. The van der Waals surface area contributed by atoms with Crippen molar-refractivity contribution in [2.45, 2.75) is 82.7 Å². The summed E-state index contributed by atoms with van der Waals surface area (Å²) in [7, 11) is 0. The van der Waals surface area contributed by atoms with Crippen molar-refractivity contribution in [2.75, 3.05) is 13.2 Å². The topological polar surface area (TPSA) is 105 Å². The van der Waals surface area contributed by atoms with Crippen molar-refractivity contribution in [1.29, 1.82) is 0 Å². The number of carbonyl (C=O) groups is 3. The van der Waals surface area contributed by atoms with Crippen molar-refractivity contribution in [1.82, 2.24) is 10.6 Å². The first kappa shape index (κ1) is 30.3. The predicted octanol–water partition coefficient (Wildman–Crippen LogP) is 4.25. The third-order valence-corrected chi connectivity index (χ3v) is 6.94. The number of ether oxygens (including phenoxy) is 1. The van der Waals surface area contributed by atoms with Gasteiger partial charge in [-0.05, 0) is 57.9 Å². The molecular formula is C30H44N2O5. The Morgan fingerprint density at radius 1 is 1.11 bits per heavy atom. The Hall–Kier alpha value is -2.93. The van der Waals surface area contributed by atoms with E-state index >= 15 is 0 Å². The van der Waals surface area contributed by atoms with Gasteiger partial charge in [0.2, 0.25) is 11.8 Å². The molecule has 1 fully saturated rings. The normalized spacial score (nSPS) is 16.3. The highest BCUT2D eigenvalue weighted by atomic mass is 16.5. The number of hydrogen-bond donors (Lipinski definition) is 3. The van der Waals surface area contributed by atoms with Crippen molar-refractivity contribution in [3.8, 4) is 0 Å². The largest absolute Gasteiger partial charge is 0.463 e. The number of aliphatic hydroxyl groups is 1. The quantitative estimate of drug-likeness (QED) is 0.227. The third kappa shape index (κ3) is 10.2. The lowest BCUT2D eigenvalue weighted by Gasteiger charge is -2.30. The zero-order chi connectivity index (χ0) is 27.3. The summed E-state index contributed by atoms with van der Waals surface area (Å²) in [5.41, 5.74) is -0.343. The number of esters is 1. The first-order valence-electron chi connectivity index (χ1n) is 13.3. The van der Waals surface area contributed by atoms with Crippen LogP contribution < -0.4 is 10.6 Å². The Kier molecular flexibility index (Phi) is 12.1. The predicted molar refractivity (Wildman–Crippen MR) is 146 cm³/mol. The molecule has 0 aromatic heterocycles. The average Bonchev–Trinajstić information content (AvgIpc) is 3.34. The van der Waals surface area contributed by atoms with Crippen LogP contribution in [-0.2, 0) is 25.5 Å². The van der Waals surface area contributed by atoms with Crippen molar-refractivity contribution in [3.63, 3.8) is 0 Å². The fraction of sp³-hybridized carbons (Fsp3) is 0.567. The van der Waals surface area contributed by atoms with Crippen molar-refractivity contribution < 1.29 is 24.2 Å². The minimum absolute atomic E-state index is 0.00380. The van der Waals surface area contributed by atoms with Crippen molar-refractivity contribution in [2.24, 2.45) is 11.8 Å². The van der Waals surface area contributed by atoms with Gasteiger partial charge in [-0.3, -0.25) is 14.4 Å². The van der Waals surface area contributed by atoms with E-state index in [0.29, 0.717) is 25.7 Å². The standard InChI is InChI=1S/C30H44N2O5/c1-5-7-16-25(19-23-14-9-8-10-15-23)28(36)37-22-29(3,4)32-27(35)24(13-6-2)20-26(34)31-30(21-33)17-11-12-18-30/h5-6,8-10,14-15,24-25,33H,1-2,7,11-13,16-22H2,3-4H3,(H,31,34)(H,32,35)/t24-,25+/m0/s1. The van der Waals surface area contributed by atoms with E-state index in [9.17, 15) is 19.5 Å². The van der Waals surface area contributed by atoms with E-state index in [4.69, 9.17) is 4.74 Å². The van der Waals surface area contributed by atoms with E-state index in [1.807, 2.05) is 30.3 Å². The Balaban J connectivity index is 1.94. The van der Waals surface area contributed by atoms with Crippen LogP contribution in [0.4, 0.5) is 0 Å². The molecule has 7 nitrogen and oxygen atoms in total. The third-order valence-electron chi connectivity index (χ3n) is 6.94. The number of amides is 2. The van der Waals surface area contributed by atoms with Crippen LogP contribution in [0.2, 0.25) is 0 Å². The molecular weight excluding hydrogens is 468 g/mol. The molecule has 3 N–H and O–H groups in total. The maximum Gasteiger partial charge on any atom is 0.309 e. The zero-order valence-corrected chi connectivity index (χ0v) is 22.5. The molecule has 1 aromatic carbocycles. The molecule has 0 heterocycles. The van der Waals surface area contributed by atoms with Gasteiger partial charge in [0.05, 0.1) is 29.5 Å². The minimum Gasteiger partial charge on any atom is -0.463 e. The summed E-state index contributed by atoms with van der Waals surface area (Å²) in [4.78, 5) is 38.8. The monoisotopic (exact) mass is 512 g/mol. The molecule has 1 aliphatic carbocycles. The van der Waals surface area contributed by atoms with Crippen molar-refractivity contribution >= 4 is 17.8 Å². The highest BCUT2D eigenvalue weighted by molar-refractivity contribution is 5.86. The van der Waals surface area contributed by atoms with E-state index in [1.54, 1.807) is 26.0 Å². The Morgan fingerprint density at radius 3 is 2.38 bits per heavy atom. The summed E-state index contributed by atoms with van der Waals surface area (Å²) in [5, 5.41) is 15.7. The van der Waals surface area contributed by atoms with Gasteiger partial charge in [-0.2, -0.15) is 0 Å². The summed E-state index contributed by atoms with van der Waals surface area (Å²) < 4.78 is 5.66. The maximum absolute atomic E-state index is 13.1. The second-order valence-electron chi connectivity index (χ2n) is 10.9. The van der Waals surface area contributed by atoms with Crippen LogP contribution in [-0.4, -0.2) is 47.2 Å². The fourth-order valence-corrected chi connectivity index (χ4v) is 4.79. The van der Waals surface area contributed by atoms with Gasteiger partial charge < -0.3 is 20.5 Å². The van der Waals surface area contributed by atoms with Gasteiger partial charge in [0.1, 0.15) is 6.61 Å². The van der Waals surface area contributed by atoms with E-state index in [-0.39, 0.29) is 43.3 Å². The molecule has 0 radical (unpaired) electrons. The van der Waals surface area contributed by atoms with Crippen molar-refractivity contribution in [3.05, 3.63) is 61.2 Å². The smallest absolute Gasteiger partial charge is 0.309 e. The molecule has 2 rings (SSSR count). The Morgan fingerprint density at radius 2 is 1.78 bits per heavy atom. The summed E-state index contributed by atoms with van der Waals surface area (Å²) in [6.45, 7) is 11.0. The number of rotatable bonds is 16. The lowest BCUT2D eigenvalue weighted by atomic mass is 9.94. The SMILES string of the molecule is C=CCC[C@H](Cc1ccccc1)C(=O)OCC(C)(C)NC(=O)[C@@H](CC=C)CC(=O)NC1(CO)CCCC1. The molecule has 204 valence electrons. The molecule has 37 heavy (non-hydrogen) atoms. The number of allylic oxidation sites excluding steroid dienone is 2. The molecule has 1 aliphatic rings. The number of carbonyl (C=O) groups excluding carboxylic acids is 3. The van der Waals surface area contributed by atoms with Crippen LogP contribution in [0, 0.1) is 11.8 Å². The second kappa shape index (κ2) is 14.7. The summed E-state index contributed by atoms with van der Waals surface area (Å²) in [6, 6.07) is 9.81. The van der Waals surface area contributed by atoms with Crippen LogP contribution in [0.25, 0.3) is 0 Å². The molecule has 0 spiro atoms. The average molecular weight is 513 g/mol. The van der Waals surface area contributed by atoms with E-state index in [2.05, 4.69) is 23.8 Å². The molecule has 0 bridgehead atoms. The molecule has 7 heteroatoms. The van der Waals surface area contributed by atoms with E-state index < -0.39 is 17.0 Å². The molecule has 2 amide bonds. The molecule has 0 unspecified atom stereocenters. The Labute approximate surface area is 221 Å². The highest BCUT2D eigenvalue weighted by Gasteiger charge is 2.36. The van der Waals surface area contributed by atoms with Gasteiger partial charge in [-0.25, -0.2) is 0 Å². The first-order valence-corrected chi connectivity index (χ1v) is 13.3. The lowest BCUT2D eigenvalue weighted by Crippen LogP contribution is -2.52. The maximum atomic E-state index is 13.1. The van der Waals surface area contributed by atoms with Crippen LogP contribution in [0.5, 0.6) is 0 Å². The summed E-state index contributed by atoms with van der Waals surface area (Å²) >= 11 is 0. The fourth-order valence-electron chi connectivity index (χ4n) is 4.79. The van der Waals surface area contributed by atoms with Gasteiger partial charge in [-0.15, -0.1) is 13.2 Å². The van der Waals surface area contributed by atoms with Gasteiger partial charge in [0.15, 0.2) is 0 Å². The number of aliphatic hydroxyl groups excluding tert-OH is 1. The van der Waals surface area contributed by atoms with Gasteiger partial charge in [-0.1, -0.05) is 55.3 Å². The Bertz CT molecular complexity index is 906. The molecule has 0 saturated heterocycles. The molecule has 1 aromatic rings. The minimum atomic E-state index is -0.823. The highest BCUT2D eigenvalue weighted by Crippen LogP contribution is 2.29. The molecule has 1 saturated carbocycles. The van der Waals surface area contributed by atoms with Gasteiger partial charge >= 0.3 is 5.97 Å². The van der Waals surface area contributed by atoms with Gasteiger partial charge in [0.25, 0.3) is 0 Å². The number of nitrogens with one attached hydrogen (secondary N) is 2. The van der Waals surface area contributed by atoms with Crippen LogP contribution in [0.15, 0.2) is 55.6 Å². The van der Waals surface area contributed by atoms with Crippen LogP contribution in [0.3, 0.4) is 0 Å². The number of benzene rings is 1. The molecule has 0 aliphatic heterocycles. The first-order chi connectivity index (χ1) is 17.6. The van der Waals surface area contributed by atoms with E-state index in [1.165, 1.54) is 0 Å². The van der Waals surface area contributed by atoms with Crippen LogP contribution in [0.1, 0.15) is 70.8 Å². The van der Waals surface area contributed by atoms with Gasteiger partial charge in [0, 0.05) is 6.42 Å². The second-order valence-corrected chi connectivity index (χ2v) is 10.9. The summed E-state index contributed by atoms with van der Waals surface area (Å²) in [5.74, 6) is -1.77. The lowest BCUT2D eigenvalue weighted by molar-refractivity contribution is -0.151. The van der Waals surface area contributed by atoms with Crippen LogP contribution >= 0.6 is 0 Å². The van der Waals surface area contributed by atoms with E-state index in [0.717, 1.165) is 31.2 Å².